The topological polar surface area (TPSA) is 56.0 Å². The third-order valence-electron chi connectivity index (χ3n) is 2.95. The van der Waals surface area contributed by atoms with Gasteiger partial charge in [0, 0.05) is 16.2 Å². The standard InChI is InChI=1S/C15H16N2OS/c1-9-8-10(2)17-14(13(9)15(16)18)11-4-6-12(19-3)7-5-11/h4-8H,1-3H3,(H2,16,18). The quantitative estimate of drug-likeness (QED) is 0.873. The Balaban J connectivity index is 2.62. The van der Waals surface area contributed by atoms with Gasteiger partial charge in [0.05, 0.1) is 11.3 Å². The second-order valence-electron chi connectivity index (χ2n) is 4.40. The first kappa shape index (κ1) is 13.6. The van der Waals surface area contributed by atoms with Gasteiger partial charge in [-0.25, -0.2) is 0 Å². The number of benzene rings is 1. The largest absolute Gasteiger partial charge is 0.366 e. The van der Waals surface area contributed by atoms with E-state index in [4.69, 9.17) is 5.73 Å². The van der Waals surface area contributed by atoms with Gasteiger partial charge in [-0.3, -0.25) is 9.78 Å². The van der Waals surface area contributed by atoms with Gasteiger partial charge in [0.15, 0.2) is 0 Å². The Morgan fingerprint density at radius 1 is 1.21 bits per heavy atom. The molecule has 0 aliphatic rings. The maximum Gasteiger partial charge on any atom is 0.251 e. The molecule has 19 heavy (non-hydrogen) atoms. The SMILES string of the molecule is CSc1ccc(-c2nc(C)cc(C)c2C(N)=O)cc1. The highest BCUT2D eigenvalue weighted by molar-refractivity contribution is 7.98. The minimum Gasteiger partial charge on any atom is -0.366 e. The summed E-state index contributed by atoms with van der Waals surface area (Å²) in [6.45, 7) is 3.80. The molecule has 1 heterocycles. The molecule has 0 radical (unpaired) electrons. The van der Waals surface area contributed by atoms with Crippen molar-refractivity contribution in [2.45, 2.75) is 18.7 Å². The van der Waals surface area contributed by atoms with E-state index < -0.39 is 5.91 Å². The van der Waals surface area contributed by atoms with Crippen LogP contribution in [-0.2, 0) is 0 Å². The molecule has 0 atom stereocenters. The number of nitrogens with two attached hydrogens (primary N) is 1. The third kappa shape index (κ3) is 2.79. The summed E-state index contributed by atoms with van der Waals surface area (Å²) >= 11 is 1.68. The Kier molecular flexibility index (Phi) is 3.90. The predicted octanol–water partition coefficient (Wildman–Crippen LogP) is 3.19. The van der Waals surface area contributed by atoms with Crippen molar-refractivity contribution in [3.05, 3.63) is 47.2 Å². The number of pyridine rings is 1. The van der Waals surface area contributed by atoms with Crippen molar-refractivity contribution in [1.82, 2.24) is 4.98 Å². The highest BCUT2D eigenvalue weighted by Crippen LogP contribution is 2.26. The average molecular weight is 272 g/mol. The number of carbonyl (C=O) groups is 1. The minimum absolute atomic E-state index is 0.436. The molecule has 98 valence electrons. The van der Waals surface area contributed by atoms with Crippen LogP contribution in [0.15, 0.2) is 35.2 Å². The molecule has 0 fully saturated rings. The molecular weight excluding hydrogens is 256 g/mol. The van der Waals surface area contributed by atoms with Crippen molar-refractivity contribution in [3.8, 4) is 11.3 Å². The lowest BCUT2D eigenvalue weighted by Gasteiger charge is -2.11. The maximum atomic E-state index is 11.6. The van der Waals surface area contributed by atoms with E-state index in [0.717, 1.165) is 16.8 Å². The number of primary amides is 1. The van der Waals surface area contributed by atoms with Crippen molar-refractivity contribution in [2.75, 3.05) is 6.26 Å². The first-order valence-electron chi connectivity index (χ1n) is 5.95. The maximum absolute atomic E-state index is 11.6. The van der Waals surface area contributed by atoms with Crippen LogP contribution < -0.4 is 5.73 Å². The normalized spacial score (nSPS) is 10.5. The summed E-state index contributed by atoms with van der Waals surface area (Å²) in [5, 5.41) is 0. The molecule has 1 amide bonds. The van der Waals surface area contributed by atoms with Crippen LogP contribution in [-0.4, -0.2) is 17.1 Å². The molecule has 4 heteroatoms. The fourth-order valence-electron chi connectivity index (χ4n) is 2.11. The van der Waals surface area contributed by atoms with Crippen LogP contribution >= 0.6 is 11.8 Å². The van der Waals surface area contributed by atoms with E-state index in [1.807, 2.05) is 50.4 Å². The lowest BCUT2D eigenvalue weighted by Crippen LogP contribution is -2.15. The molecule has 0 bridgehead atoms. The number of aryl methyl sites for hydroxylation is 2. The first-order chi connectivity index (χ1) is 9.02. The van der Waals surface area contributed by atoms with Gasteiger partial charge in [0.1, 0.15) is 0 Å². The molecule has 0 saturated carbocycles. The number of hydrogen-bond acceptors (Lipinski definition) is 3. The summed E-state index contributed by atoms with van der Waals surface area (Å²) in [5.41, 5.74) is 9.30. The van der Waals surface area contributed by atoms with Crippen LogP contribution in [0.5, 0.6) is 0 Å². The summed E-state index contributed by atoms with van der Waals surface area (Å²) in [4.78, 5) is 17.3. The smallest absolute Gasteiger partial charge is 0.251 e. The second kappa shape index (κ2) is 5.45. The van der Waals surface area contributed by atoms with E-state index in [1.165, 1.54) is 4.90 Å². The van der Waals surface area contributed by atoms with Gasteiger partial charge in [-0.2, -0.15) is 0 Å². The molecule has 2 rings (SSSR count). The molecule has 0 spiro atoms. The lowest BCUT2D eigenvalue weighted by atomic mass is 10.0. The van der Waals surface area contributed by atoms with Gasteiger partial charge in [-0.15, -0.1) is 11.8 Å². The van der Waals surface area contributed by atoms with Crippen LogP contribution in [0, 0.1) is 13.8 Å². The molecule has 2 N–H and O–H groups in total. The van der Waals surface area contributed by atoms with E-state index in [1.54, 1.807) is 11.8 Å². The minimum atomic E-state index is -0.436. The Bertz CT molecular complexity index is 621. The highest BCUT2D eigenvalue weighted by Gasteiger charge is 2.15. The molecule has 2 aromatic rings. The van der Waals surface area contributed by atoms with E-state index in [0.29, 0.717) is 11.3 Å². The van der Waals surface area contributed by atoms with Gasteiger partial charge < -0.3 is 5.73 Å². The zero-order valence-corrected chi connectivity index (χ0v) is 12.0. The lowest BCUT2D eigenvalue weighted by molar-refractivity contribution is 0.1000. The Morgan fingerprint density at radius 2 is 1.84 bits per heavy atom. The van der Waals surface area contributed by atoms with E-state index in [2.05, 4.69) is 4.98 Å². The number of hydrogen-bond donors (Lipinski definition) is 1. The van der Waals surface area contributed by atoms with Crippen molar-refractivity contribution in [1.29, 1.82) is 0 Å². The van der Waals surface area contributed by atoms with Gasteiger partial charge in [0.25, 0.3) is 5.91 Å². The highest BCUT2D eigenvalue weighted by atomic mass is 32.2. The Morgan fingerprint density at radius 3 is 2.37 bits per heavy atom. The zero-order valence-electron chi connectivity index (χ0n) is 11.2. The molecular formula is C15H16N2OS. The summed E-state index contributed by atoms with van der Waals surface area (Å²) in [6, 6.07) is 9.85. The number of nitrogens with zero attached hydrogens (tertiary/aromatic N) is 1. The van der Waals surface area contributed by atoms with Crippen molar-refractivity contribution in [3.63, 3.8) is 0 Å². The number of amides is 1. The van der Waals surface area contributed by atoms with Crippen molar-refractivity contribution < 1.29 is 4.79 Å². The van der Waals surface area contributed by atoms with Crippen LogP contribution in [0.1, 0.15) is 21.6 Å². The Labute approximate surface area is 117 Å². The summed E-state index contributed by atoms with van der Waals surface area (Å²) in [5.74, 6) is -0.436. The number of thioether (sulfide) groups is 1. The van der Waals surface area contributed by atoms with Crippen LogP contribution in [0.3, 0.4) is 0 Å². The molecule has 1 aromatic carbocycles. The molecule has 3 nitrogen and oxygen atoms in total. The fourth-order valence-corrected chi connectivity index (χ4v) is 2.51. The van der Waals surface area contributed by atoms with E-state index >= 15 is 0 Å². The molecule has 1 aromatic heterocycles. The van der Waals surface area contributed by atoms with Gasteiger partial charge in [-0.05, 0) is 43.9 Å². The van der Waals surface area contributed by atoms with Gasteiger partial charge >= 0.3 is 0 Å². The van der Waals surface area contributed by atoms with Crippen LogP contribution in [0.2, 0.25) is 0 Å². The Hall–Kier alpha value is -1.81. The monoisotopic (exact) mass is 272 g/mol. The summed E-state index contributed by atoms with van der Waals surface area (Å²) in [7, 11) is 0. The predicted molar refractivity (Wildman–Crippen MR) is 79.4 cm³/mol. The first-order valence-corrected chi connectivity index (χ1v) is 7.18. The molecule has 0 aliphatic carbocycles. The molecule has 0 saturated heterocycles. The summed E-state index contributed by atoms with van der Waals surface area (Å²) in [6.07, 6.45) is 2.03. The molecule has 0 unspecified atom stereocenters. The van der Waals surface area contributed by atoms with Crippen LogP contribution in [0.4, 0.5) is 0 Å². The zero-order chi connectivity index (χ0) is 14.0. The summed E-state index contributed by atoms with van der Waals surface area (Å²) < 4.78 is 0. The number of aromatic nitrogens is 1. The number of carbonyl (C=O) groups excluding carboxylic acids is 1. The fraction of sp³-hybridized carbons (Fsp3) is 0.200. The molecule has 0 aliphatic heterocycles. The third-order valence-corrected chi connectivity index (χ3v) is 3.70. The second-order valence-corrected chi connectivity index (χ2v) is 5.28. The number of rotatable bonds is 3. The average Bonchev–Trinajstić information content (AvgIpc) is 2.37. The van der Waals surface area contributed by atoms with Crippen molar-refractivity contribution >= 4 is 17.7 Å². The van der Waals surface area contributed by atoms with Crippen molar-refractivity contribution in [2.24, 2.45) is 5.73 Å². The van der Waals surface area contributed by atoms with Gasteiger partial charge in [-0.1, -0.05) is 12.1 Å². The van der Waals surface area contributed by atoms with E-state index in [9.17, 15) is 4.79 Å². The van der Waals surface area contributed by atoms with Crippen LogP contribution in [0.25, 0.3) is 11.3 Å². The van der Waals surface area contributed by atoms with E-state index in [-0.39, 0.29) is 0 Å². The van der Waals surface area contributed by atoms with Gasteiger partial charge in [0.2, 0.25) is 0 Å².